The van der Waals surface area contributed by atoms with Gasteiger partial charge in [-0.2, -0.15) is 0 Å². The van der Waals surface area contributed by atoms with Gasteiger partial charge in [0.2, 0.25) is 0 Å². The van der Waals surface area contributed by atoms with E-state index in [1.54, 1.807) is 24.3 Å². The Labute approximate surface area is 170 Å². The molecule has 6 nitrogen and oxygen atoms in total. The number of nitrogen functional groups attached to an aromatic ring is 1. The molecule has 28 heavy (non-hydrogen) atoms. The van der Waals surface area contributed by atoms with E-state index >= 15 is 0 Å². The fourth-order valence-corrected chi connectivity index (χ4v) is 3.17. The Balaban J connectivity index is 1.64. The predicted octanol–water partition coefficient (Wildman–Crippen LogP) is 4.97. The van der Waals surface area contributed by atoms with E-state index in [2.05, 4.69) is 36.5 Å². The van der Waals surface area contributed by atoms with Crippen molar-refractivity contribution >= 4 is 55.6 Å². The summed E-state index contributed by atoms with van der Waals surface area (Å²) in [4.78, 5) is 21.1. The van der Waals surface area contributed by atoms with Crippen LogP contribution in [0.15, 0.2) is 77.5 Å². The summed E-state index contributed by atoms with van der Waals surface area (Å²) < 4.78 is 0.965. The lowest BCUT2D eigenvalue weighted by Gasteiger charge is -2.11. The van der Waals surface area contributed by atoms with Gasteiger partial charge in [-0.15, -0.1) is 0 Å². The minimum atomic E-state index is -0.210. The van der Waals surface area contributed by atoms with Gasteiger partial charge in [0, 0.05) is 32.5 Å². The Hall–Kier alpha value is -3.45. The fraction of sp³-hybridized carbons (Fsp3) is 0. The van der Waals surface area contributed by atoms with E-state index in [0.717, 1.165) is 21.1 Å². The Morgan fingerprint density at radius 1 is 0.929 bits per heavy atom. The minimum absolute atomic E-state index is 0.210. The number of nitrogens with one attached hydrogen (secondary N) is 2. The summed E-state index contributed by atoms with van der Waals surface area (Å²) in [6, 6.07) is 20.1. The first kappa shape index (κ1) is 17.9. The smallest absolute Gasteiger partial charge is 0.255 e. The molecule has 0 atom stereocenters. The molecular formula is C21H16BrN5O. The highest BCUT2D eigenvalue weighted by Gasteiger charge is 2.09. The molecule has 0 spiro atoms. The molecule has 4 rings (SSSR count). The van der Waals surface area contributed by atoms with Gasteiger partial charge in [-0.25, -0.2) is 9.97 Å². The molecule has 0 aliphatic rings. The number of carbonyl (C=O) groups is 1. The summed E-state index contributed by atoms with van der Waals surface area (Å²) in [5, 5.41) is 7.00. The number of hydrogen-bond acceptors (Lipinski definition) is 5. The van der Waals surface area contributed by atoms with Gasteiger partial charge in [0.05, 0.1) is 5.52 Å². The summed E-state index contributed by atoms with van der Waals surface area (Å²) in [5.41, 5.74) is 9.15. The molecule has 0 saturated carbocycles. The number of hydrogen-bond donors (Lipinski definition) is 3. The van der Waals surface area contributed by atoms with Crippen molar-refractivity contribution < 1.29 is 4.79 Å². The van der Waals surface area contributed by atoms with Crippen molar-refractivity contribution in [1.29, 1.82) is 0 Å². The molecule has 4 N–H and O–H groups in total. The third-order valence-electron chi connectivity index (χ3n) is 4.15. The number of rotatable bonds is 4. The van der Waals surface area contributed by atoms with Crippen LogP contribution >= 0.6 is 15.9 Å². The topological polar surface area (TPSA) is 92.9 Å². The molecule has 1 amide bonds. The Kier molecular flexibility index (Phi) is 4.90. The Morgan fingerprint density at radius 2 is 1.75 bits per heavy atom. The van der Waals surface area contributed by atoms with Crippen molar-refractivity contribution in [2.45, 2.75) is 0 Å². The first-order valence-electron chi connectivity index (χ1n) is 8.53. The lowest BCUT2D eigenvalue weighted by Crippen LogP contribution is -2.11. The first-order valence-corrected chi connectivity index (χ1v) is 9.32. The summed E-state index contributed by atoms with van der Waals surface area (Å²) in [5.74, 6) is 0.449. The van der Waals surface area contributed by atoms with E-state index in [1.807, 2.05) is 42.5 Å². The molecule has 0 fully saturated rings. The van der Waals surface area contributed by atoms with Gasteiger partial charge in [-0.3, -0.25) is 4.79 Å². The summed E-state index contributed by atoms with van der Waals surface area (Å²) in [7, 11) is 0. The normalized spacial score (nSPS) is 10.6. The second-order valence-electron chi connectivity index (χ2n) is 6.17. The third-order valence-corrected chi connectivity index (χ3v) is 4.65. The number of amides is 1. The molecule has 0 unspecified atom stereocenters. The number of benzene rings is 3. The van der Waals surface area contributed by atoms with Gasteiger partial charge in [-0.1, -0.05) is 22.0 Å². The van der Waals surface area contributed by atoms with E-state index in [-0.39, 0.29) is 5.91 Å². The van der Waals surface area contributed by atoms with Crippen LogP contribution in [0.5, 0.6) is 0 Å². The standard InChI is InChI=1S/C21H16BrN5O/c22-14-2-1-3-16(10-14)26-20-18-11-17(8-9-19(18)24-12-25-20)27-21(28)13-4-6-15(23)7-5-13/h1-12H,23H2,(H,27,28)(H,24,25,26). The van der Waals surface area contributed by atoms with Crippen LogP contribution in [0.25, 0.3) is 10.9 Å². The van der Waals surface area contributed by atoms with Crippen LogP contribution < -0.4 is 16.4 Å². The van der Waals surface area contributed by atoms with Crippen LogP contribution in [0.3, 0.4) is 0 Å². The van der Waals surface area contributed by atoms with E-state index in [9.17, 15) is 4.79 Å². The molecule has 7 heteroatoms. The zero-order valence-corrected chi connectivity index (χ0v) is 16.3. The number of nitrogens with two attached hydrogens (primary N) is 1. The molecule has 0 aliphatic carbocycles. The van der Waals surface area contributed by atoms with E-state index < -0.39 is 0 Å². The number of halogens is 1. The van der Waals surface area contributed by atoms with Gasteiger partial charge in [0.1, 0.15) is 12.1 Å². The van der Waals surface area contributed by atoms with Gasteiger partial charge >= 0.3 is 0 Å². The van der Waals surface area contributed by atoms with Crippen molar-refractivity contribution in [3.8, 4) is 0 Å². The van der Waals surface area contributed by atoms with Crippen molar-refractivity contribution in [2.24, 2.45) is 0 Å². The average Bonchev–Trinajstić information content (AvgIpc) is 2.69. The van der Waals surface area contributed by atoms with Gasteiger partial charge in [0.25, 0.3) is 5.91 Å². The molecule has 3 aromatic carbocycles. The van der Waals surface area contributed by atoms with Crippen molar-refractivity contribution in [3.63, 3.8) is 0 Å². The van der Waals surface area contributed by atoms with Crippen LogP contribution in [0.1, 0.15) is 10.4 Å². The molecular weight excluding hydrogens is 418 g/mol. The minimum Gasteiger partial charge on any atom is -0.399 e. The quantitative estimate of drug-likeness (QED) is 0.395. The number of nitrogens with zero attached hydrogens (tertiary/aromatic N) is 2. The van der Waals surface area contributed by atoms with E-state index in [0.29, 0.717) is 22.8 Å². The SMILES string of the molecule is Nc1ccc(C(=O)Nc2ccc3ncnc(Nc4cccc(Br)c4)c3c2)cc1. The summed E-state index contributed by atoms with van der Waals surface area (Å²) in [6.07, 6.45) is 1.51. The number of aromatic nitrogens is 2. The van der Waals surface area contributed by atoms with Crippen LogP contribution in [0.4, 0.5) is 22.9 Å². The third kappa shape index (κ3) is 3.94. The highest BCUT2D eigenvalue weighted by atomic mass is 79.9. The molecule has 1 aromatic heterocycles. The van der Waals surface area contributed by atoms with Gasteiger partial charge in [0.15, 0.2) is 0 Å². The average molecular weight is 434 g/mol. The Morgan fingerprint density at radius 3 is 2.54 bits per heavy atom. The molecule has 0 aliphatic heterocycles. The predicted molar refractivity (Wildman–Crippen MR) is 116 cm³/mol. The number of fused-ring (bicyclic) bond motifs is 1. The van der Waals surface area contributed by atoms with E-state index in [1.165, 1.54) is 6.33 Å². The highest BCUT2D eigenvalue weighted by molar-refractivity contribution is 9.10. The van der Waals surface area contributed by atoms with Crippen LogP contribution in [-0.4, -0.2) is 15.9 Å². The zero-order chi connectivity index (χ0) is 19.5. The van der Waals surface area contributed by atoms with Crippen molar-refractivity contribution in [2.75, 3.05) is 16.4 Å². The lowest BCUT2D eigenvalue weighted by molar-refractivity contribution is 0.102. The van der Waals surface area contributed by atoms with Gasteiger partial charge < -0.3 is 16.4 Å². The molecule has 1 heterocycles. The van der Waals surface area contributed by atoms with E-state index in [4.69, 9.17) is 5.73 Å². The number of anilines is 4. The van der Waals surface area contributed by atoms with Crippen molar-refractivity contribution in [3.05, 3.63) is 83.1 Å². The first-order chi connectivity index (χ1) is 13.6. The monoisotopic (exact) mass is 433 g/mol. The molecule has 138 valence electrons. The second-order valence-corrected chi connectivity index (χ2v) is 7.08. The summed E-state index contributed by atoms with van der Waals surface area (Å²) in [6.45, 7) is 0. The maximum absolute atomic E-state index is 12.5. The second kappa shape index (κ2) is 7.66. The largest absolute Gasteiger partial charge is 0.399 e. The maximum atomic E-state index is 12.5. The molecule has 0 bridgehead atoms. The molecule has 0 radical (unpaired) electrons. The van der Waals surface area contributed by atoms with Crippen LogP contribution in [0.2, 0.25) is 0 Å². The Bertz CT molecular complexity index is 1160. The summed E-state index contributed by atoms with van der Waals surface area (Å²) >= 11 is 3.46. The highest BCUT2D eigenvalue weighted by Crippen LogP contribution is 2.27. The van der Waals surface area contributed by atoms with Crippen molar-refractivity contribution in [1.82, 2.24) is 9.97 Å². The molecule has 0 saturated heterocycles. The zero-order valence-electron chi connectivity index (χ0n) is 14.7. The fourth-order valence-electron chi connectivity index (χ4n) is 2.77. The number of carbonyl (C=O) groups excluding carboxylic acids is 1. The lowest BCUT2D eigenvalue weighted by atomic mass is 10.1. The molecule has 4 aromatic rings. The van der Waals surface area contributed by atoms with Crippen LogP contribution in [-0.2, 0) is 0 Å². The van der Waals surface area contributed by atoms with Crippen LogP contribution in [0, 0.1) is 0 Å². The maximum Gasteiger partial charge on any atom is 0.255 e. The van der Waals surface area contributed by atoms with Gasteiger partial charge in [-0.05, 0) is 60.7 Å².